The maximum Gasteiger partial charge on any atom is 0.269 e. The van der Waals surface area contributed by atoms with Gasteiger partial charge < -0.3 is 5.11 Å². The number of non-ortho nitro benzene ring substituents is 1. The Hall–Kier alpha value is -2.84. The fourth-order valence-corrected chi connectivity index (χ4v) is 2.49. The monoisotopic (exact) mass is 328 g/mol. The van der Waals surface area contributed by atoms with Crippen LogP contribution in [0.4, 0.5) is 5.69 Å². The van der Waals surface area contributed by atoms with Crippen LogP contribution in [0.1, 0.15) is 17.5 Å². The van der Waals surface area contributed by atoms with E-state index in [1.165, 1.54) is 12.1 Å². The first-order valence-corrected chi connectivity index (χ1v) is 7.14. The molecule has 0 spiro atoms. The fourth-order valence-electron chi connectivity index (χ4n) is 2.25. The fraction of sp³-hybridized carbons (Fsp3) is 0.0667. The number of H-pyrrole nitrogens is 1. The lowest BCUT2D eigenvalue weighted by atomic mass is 10.1. The molecule has 1 aromatic heterocycles. The molecule has 3 rings (SSSR count). The van der Waals surface area contributed by atoms with Crippen molar-refractivity contribution in [1.29, 1.82) is 0 Å². The zero-order chi connectivity index (χ0) is 16.4. The number of nitro groups is 1. The van der Waals surface area contributed by atoms with Crippen LogP contribution in [0, 0.1) is 14.9 Å². The van der Waals surface area contributed by atoms with Gasteiger partial charge in [-0.2, -0.15) is 5.10 Å². The van der Waals surface area contributed by atoms with Gasteiger partial charge in [-0.1, -0.05) is 30.3 Å². The molecule has 1 unspecified atom stereocenters. The molecule has 0 saturated carbocycles. The van der Waals surface area contributed by atoms with Crippen molar-refractivity contribution in [2.75, 3.05) is 0 Å². The number of aromatic nitrogens is 3. The van der Waals surface area contributed by atoms with E-state index in [2.05, 4.69) is 10.2 Å². The Bertz CT molecular complexity index is 887. The summed E-state index contributed by atoms with van der Waals surface area (Å²) >= 11 is 5.21. The van der Waals surface area contributed by atoms with Gasteiger partial charge in [-0.25, -0.2) is 0 Å². The van der Waals surface area contributed by atoms with E-state index in [9.17, 15) is 15.2 Å². The second-order valence-corrected chi connectivity index (χ2v) is 5.20. The number of aliphatic hydroxyl groups is 1. The third-order valence-electron chi connectivity index (χ3n) is 3.38. The molecule has 2 aromatic carbocycles. The summed E-state index contributed by atoms with van der Waals surface area (Å²) in [7, 11) is 0. The van der Waals surface area contributed by atoms with Crippen molar-refractivity contribution in [3.05, 3.63) is 80.9 Å². The molecule has 7 nitrogen and oxygen atoms in total. The minimum Gasteiger partial charge on any atom is -0.380 e. The van der Waals surface area contributed by atoms with E-state index in [0.29, 0.717) is 21.8 Å². The summed E-state index contributed by atoms with van der Waals surface area (Å²) in [4.78, 5) is 10.3. The second kappa shape index (κ2) is 6.11. The Labute approximate surface area is 136 Å². The molecule has 0 radical (unpaired) electrons. The highest BCUT2D eigenvalue weighted by Gasteiger charge is 2.19. The van der Waals surface area contributed by atoms with Crippen molar-refractivity contribution in [3.63, 3.8) is 0 Å². The quantitative estimate of drug-likeness (QED) is 0.436. The lowest BCUT2D eigenvalue weighted by molar-refractivity contribution is -0.384. The molecular formula is C15H12N4O3S. The molecule has 1 atom stereocenters. The van der Waals surface area contributed by atoms with Crippen LogP contribution in [-0.2, 0) is 0 Å². The SMILES string of the molecule is O=[N+]([O-])c1ccc(-n2c(C(O)c3ccccc3)n[nH]c2=S)cc1. The average Bonchev–Trinajstić information content (AvgIpc) is 2.96. The van der Waals surface area contributed by atoms with Gasteiger partial charge in [-0.3, -0.25) is 19.8 Å². The Kier molecular flexibility index (Phi) is 4.00. The summed E-state index contributed by atoms with van der Waals surface area (Å²) in [6.07, 6.45) is -0.973. The number of benzene rings is 2. The Balaban J connectivity index is 2.05. The van der Waals surface area contributed by atoms with Crippen molar-refractivity contribution >= 4 is 17.9 Å². The maximum absolute atomic E-state index is 10.7. The van der Waals surface area contributed by atoms with Gasteiger partial charge >= 0.3 is 0 Å². The van der Waals surface area contributed by atoms with E-state index in [4.69, 9.17) is 12.2 Å². The van der Waals surface area contributed by atoms with Gasteiger partial charge in [0.05, 0.1) is 10.6 Å². The first-order chi connectivity index (χ1) is 11.1. The number of hydrogen-bond acceptors (Lipinski definition) is 5. The number of rotatable bonds is 4. The summed E-state index contributed by atoms with van der Waals surface area (Å²) in [6.45, 7) is 0. The zero-order valence-corrected chi connectivity index (χ0v) is 12.6. The van der Waals surface area contributed by atoms with Crippen molar-refractivity contribution in [3.8, 4) is 5.69 Å². The van der Waals surface area contributed by atoms with Gasteiger partial charge in [0.25, 0.3) is 5.69 Å². The third-order valence-corrected chi connectivity index (χ3v) is 3.65. The molecule has 0 aliphatic rings. The maximum atomic E-state index is 10.7. The highest BCUT2D eigenvalue weighted by atomic mass is 32.1. The van der Waals surface area contributed by atoms with Crippen LogP contribution in [0.3, 0.4) is 0 Å². The van der Waals surface area contributed by atoms with Crippen molar-refractivity contribution in [1.82, 2.24) is 14.8 Å². The second-order valence-electron chi connectivity index (χ2n) is 4.81. The lowest BCUT2D eigenvalue weighted by Crippen LogP contribution is -2.09. The van der Waals surface area contributed by atoms with Gasteiger partial charge in [0.15, 0.2) is 10.6 Å². The van der Waals surface area contributed by atoms with Crippen LogP contribution in [0.2, 0.25) is 0 Å². The van der Waals surface area contributed by atoms with Gasteiger partial charge in [-0.15, -0.1) is 0 Å². The van der Waals surface area contributed by atoms with Crippen LogP contribution in [0.25, 0.3) is 5.69 Å². The molecule has 23 heavy (non-hydrogen) atoms. The lowest BCUT2D eigenvalue weighted by Gasteiger charge is -2.12. The van der Waals surface area contributed by atoms with E-state index in [-0.39, 0.29) is 5.69 Å². The number of aliphatic hydroxyl groups excluding tert-OH is 1. The highest BCUT2D eigenvalue weighted by molar-refractivity contribution is 7.71. The summed E-state index contributed by atoms with van der Waals surface area (Å²) in [5, 5.41) is 28.0. The molecular weight excluding hydrogens is 316 g/mol. The average molecular weight is 328 g/mol. The van der Waals surface area contributed by atoms with Gasteiger partial charge in [0.1, 0.15) is 6.10 Å². The molecule has 0 aliphatic carbocycles. The van der Waals surface area contributed by atoms with Gasteiger partial charge in [0.2, 0.25) is 0 Å². The molecule has 0 saturated heterocycles. The van der Waals surface area contributed by atoms with E-state index in [0.717, 1.165) is 0 Å². The molecule has 0 amide bonds. The summed E-state index contributed by atoms with van der Waals surface area (Å²) < 4.78 is 1.85. The summed E-state index contributed by atoms with van der Waals surface area (Å²) in [5.41, 5.74) is 1.23. The van der Waals surface area contributed by atoms with Crippen LogP contribution < -0.4 is 0 Å². The Morgan fingerprint density at radius 2 is 1.83 bits per heavy atom. The van der Waals surface area contributed by atoms with E-state index < -0.39 is 11.0 Å². The Morgan fingerprint density at radius 1 is 1.17 bits per heavy atom. The first-order valence-electron chi connectivity index (χ1n) is 6.73. The van der Waals surface area contributed by atoms with E-state index in [1.807, 2.05) is 18.2 Å². The Morgan fingerprint density at radius 3 is 2.43 bits per heavy atom. The molecule has 0 bridgehead atoms. The summed E-state index contributed by atoms with van der Waals surface area (Å²) in [5.74, 6) is 0.315. The predicted molar refractivity (Wildman–Crippen MR) is 85.9 cm³/mol. The number of nitrogens with one attached hydrogen (secondary N) is 1. The zero-order valence-electron chi connectivity index (χ0n) is 11.8. The van der Waals surface area contributed by atoms with E-state index in [1.54, 1.807) is 28.8 Å². The number of nitrogens with zero attached hydrogens (tertiary/aromatic N) is 3. The topological polar surface area (TPSA) is 97.0 Å². The molecule has 1 heterocycles. The summed E-state index contributed by atoms with van der Waals surface area (Å²) in [6, 6.07) is 14.9. The van der Waals surface area contributed by atoms with Crippen LogP contribution in [0.15, 0.2) is 54.6 Å². The van der Waals surface area contributed by atoms with Crippen LogP contribution in [0.5, 0.6) is 0 Å². The minimum atomic E-state index is -0.973. The standard InChI is InChI=1S/C15H12N4O3S/c20-13(10-4-2-1-3-5-10)14-16-17-15(23)18(14)11-6-8-12(9-7-11)19(21)22/h1-9,13,20H,(H,17,23). The van der Waals surface area contributed by atoms with Crippen LogP contribution >= 0.6 is 12.2 Å². The number of aromatic amines is 1. The number of hydrogen-bond donors (Lipinski definition) is 2. The predicted octanol–water partition coefficient (Wildman–Crippen LogP) is 2.92. The molecule has 0 fully saturated rings. The number of nitro benzene ring substituents is 1. The first kappa shape index (κ1) is 15.1. The van der Waals surface area contributed by atoms with E-state index >= 15 is 0 Å². The van der Waals surface area contributed by atoms with Crippen molar-refractivity contribution in [2.45, 2.75) is 6.10 Å². The van der Waals surface area contributed by atoms with Crippen LogP contribution in [-0.4, -0.2) is 24.8 Å². The molecule has 0 aliphatic heterocycles. The molecule has 8 heteroatoms. The van der Waals surface area contributed by atoms with Crippen molar-refractivity contribution in [2.24, 2.45) is 0 Å². The minimum absolute atomic E-state index is 0.0195. The normalized spacial score (nSPS) is 12.0. The molecule has 116 valence electrons. The third kappa shape index (κ3) is 2.89. The molecule has 3 aromatic rings. The highest BCUT2D eigenvalue weighted by Crippen LogP contribution is 2.24. The van der Waals surface area contributed by atoms with Gasteiger partial charge in [0, 0.05) is 12.1 Å². The van der Waals surface area contributed by atoms with Crippen molar-refractivity contribution < 1.29 is 10.0 Å². The smallest absolute Gasteiger partial charge is 0.269 e. The largest absolute Gasteiger partial charge is 0.380 e. The van der Waals surface area contributed by atoms with Gasteiger partial charge in [-0.05, 0) is 29.9 Å². The molecule has 2 N–H and O–H groups in total.